The van der Waals surface area contributed by atoms with E-state index in [1.165, 1.54) is 11.8 Å². The summed E-state index contributed by atoms with van der Waals surface area (Å²) in [6.45, 7) is 5.96. The monoisotopic (exact) mass is 810 g/mol. The highest BCUT2D eigenvalue weighted by molar-refractivity contribution is 6.34. The Labute approximate surface area is 341 Å². The summed E-state index contributed by atoms with van der Waals surface area (Å²) >= 11 is 13.1. The van der Waals surface area contributed by atoms with Gasteiger partial charge in [0.15, 0.2) is 0 Å². The Morgan fingerprint density at radius 3 is 2.12 bits per heavy atom. The van der Waals surface area contributed by atoms with Gasteiger partial charge in [0.05, 0.1) is 31.0 Å². The number of carbonyl (C=O) groups excluding carboxylic acids is 3. The number of rotatable bonds is 12. The Balaban J connectivity index is 0.903. The van der Waals surface area contributed by atoms with Crippen LogP contribution in [0.3, 0.4) is 0 Å². The number of anilines is 2. The number of aryl methyl sites for hydroxylation is 1. The number of hydrogen-bond donors (Lipinski definition) is 3. The predicted octanol–water partition coefficient (Wildman–Crippen LogP) is 9.04. The van der Waals surface area contributed by atoms with Crippen LogP contribution < -0.4 is 10.6 Å². The molecular formula is C43H44Cl2N6O6. The van der Waals surface area contributed by atoms with Gasteiger partial charge in [-0.25, -0.2) is 9.59 Å². The lowest BCUT2D eigenvalue weighted by atomic mass is 9.88. The molecule has 3 heterocycles. The molecule has 2 fully saturated rings. The normalized spacial score (nSPS) is 14.7. The maximum atomic E-state index is 12.9. The van der Waals surface area contributed by atoms with Crippen molar-refractivity contribution < 1.29 is 28.6 Å². The average Bonchev–Trinajstić information content (AvgIpc) is 3.63. The average molecular weight is 812 g/mol. The van der Waals surface area contributed by atoms with Crippen molar-refractivity contribution in [3.05, 3.63) is 135 Å². The number of H-pyrrole nitrogens is 1. The molecule has 0 unspecified atom stereocenters. The molecule has 57 heavy (non-hydrogen) atoms. The van der Waals surface area contributed by atoms with Gasteiger partial charge in [-0.15, -0.1) is 0 Å². The molecule has 0 aliphatic carbocycles. The van der Waals surface area contributed by atoms with Crippen LogP contribution in [0.5, 0.6) is 0 Å². The highest BCUT2D eigenvalue weighted by Crippen LogP contribution is 2.35. The molecular weight excluding hydrogens is 767 g/mol. The number of hydrogen-bond acceptors (Lipinski definition) is 8. The summed E-state index contributed by atoms with van der Waals surface area (Å²) in [7, 11) is 1.72. The van der Waals surface area contributed by atoms with Crippen molar-refractivity contribution in [2.45, 2.75) is 51.5 Å². The second kappa shape index (κ2) is 18.2. The van der Waals surface area contributed by atoms with Gasteiger partial charge in [-0.2, -0.15) is 5.10 Å². The van der Waals surface area contributed by atoms with E-state index in [2.05, 4.69) is 37.9 Å². The first-order chi connectivity index (χ1) is 27.6. The largest absolute Gasteiger partial charge is 0.444 e. The smallest absolute Gasteiger partial charge is 0.411 e. The Morgan fingerprint density at radius 1 is 0.842 bits per heavy atom. The lowest BCUT2D eigenvalue weighted by Crippen LogP contribution is -2.51. The molecule has 2 aliphatic rings. The summed E-state index contributed by atoms with van der Waals surface area (Å²) in [4.78, 5) is 42.5. The van der Waals surface area contributed by atoms with Crippen LogP contribution in [-0.2, 0) is 34.0 Å². The molecule has 0 atom stereocenters. The fraction of sp³-hybridized carbons (Fsp3) is 0.302. The van der Waals surface area contributed by atoms with E-state index in [-0.39, 0.29) is 19.1 Å². The summed E-state index contributed by atoms with van der Waals surface area (Å²) in [5.74, 6) is 0.362. The molecule has 4 aromatic carbocycles. The minimum atomic E-state index is -0.639. The molecule has 0 bridgehead atoms. The third-order valence-electron chi connectivity index (χ3n) is 10.4. The second-order valence-electron chi connectivity index (χ2n) is 14.4. The molecule has 2 aliphatic heterocycles. The van der Waals surface area contributed by atoms with Crippen molar-refractivity contribution in [3.8, 4) is 11.1 Å². The van der Waals surface area contributed by atoms with Gasteiger partial charge in [0.1, 0.15) is 13.2 Å². The number of amides is 3. The van der Waals surface area contributed by atoms with Crippen molar-refractivity contribution >= 4 is 52.7 Å². The highest BCUT2D eigenvalue weighted by atomic mass is 35.5. The third-order valence-corrected chi connectivity index (χ3v) is 11.0. The van der Waals surface area contributed by atoms with E-state index in [4.69, 9.17) is 37.4 Å². The van der Waals surface area contributed by atoms with Crippen LogP contribution in [0.1, 0.15) is 57.1 Å². The van der Waals surface area contributed by atoms with Crippen LogP contribution in [0.15, 0.2) is 91.1 Å². The van der Waals surface area contributed by atoms with Gasteiger partial charge in [0.25, 0.3) is 5.91 Å². The highest BCUT2D eigenvalue weighted by Gasteiger charge is 2.30. The zero-order valence-corrected chi connectivity index (χ0v) is 33.2. The van der Waals surface area contributed by atoms with E-state index in [1.54, 1.807) is 61.3 Å². The maximum Gasteiger partial charge on any atom is 0.411 e. The van der Waals surface area contributed by atoms with Crippen molar-refractivity contribution in [1.29, 1.82) is 0 Å². The van der Waals surface area contributed by atoms with Crippen LogP contribution in [0, 0.1) is 6.92 Å². The molecule has 1 aromatic heterocycles. The Bertz CT molecular complexity index is 2200. The van der Waals surface area contributed by atoms with Gasteiger partial charge in [-0.05, 0) is 115 Å². The van der Waals surface area contributed by atoms with Crippen molar-refractivity contribution in [2.75, 3.05) is 44.0 Å². The predicted molar refractivity (Wildman–Crippen MR) is 220 cm³/mol. The fourth-order valence-electron chi connectivity index (χ4n) is 7.08. The second-order valence-corrected chi connectivity index (χ2v) is 15.3. The standard InChI is InChI=1S/C43H44Cl2N6O6/c1-27-39(21-46-49-27)41(52)50(2)22-28-3-10-34(11-4-28)47-42(53)56-23-29-5-14-40(45)38(19-29)37-20-33(44)9-6-32(37)24-57-43(54)48-35-12-7-30(8-13-35)31-15-17-51(18-16-31)36-25-55-26-36/h3-14,19-21,31,36H,15-18,22-26H2,1-2H3,(H,46,49)(H,47,53)(H,48,54). The molecule has 2 saturated heterocycles. The summed E-state index contributed by atoms with van der Waals surface area (Å²) in [6, 6.07) is 26.3. The quantitative estimate of drug-likeness (QED) is 0.114. The molecule has 12 nitrogen and oxygen atoms in total. The van der Waals surface area contributed by atoms with E-state index in [0.29, 0.717) is 73.4 Å². The molecule has 0 saturated carbocycles. The van der Waals surface area contributed by atoms with Gasteiger partial charge in [-0.3, -0.25) is 25.4 Å². The number of aromatic nitrogens is 2. The molecule has 5 aromatic rings. The fourth-order valence-corrected chi connectivity index (χ4v) is 7.47. The number of aromatic amines is 1. The zero-order chi connectivity index (χ0) is 39.9. The minimum absolute atomic E-state index is 0.0307. The molecule has 3 amide bonds. The first kappa shape index (κ1) is 39.8. The number of likely N-dealkylation sites (tertiary alicyclic amines) is 1. The minimum Gasteiger partial charge on any atom is -0.444 e. The van der Waals surface area contributed by atoms with Crippen LogP contribution >= 0.6 is 23.2 Å². The molecule has 7 rings (SSSR count). The number of carbonyl (C=O) groups is 3. The third kappa shape index (κ3) is 10.1. The first-order valence-electron chi connectivity index (χ1n) is 18.8. The number of piperidine rings is 1. The topological polar surface area (TPSA) is 138 Å². The number of benzene rings is 4. The Morgan fingerprint density at radius 2 is 1.49 bits per heavy atom. The van der Waals surface area contributed by atoms with E-state index >= 15 is 0 Å². The molecule has 296 valence electrons. The maximum absolute atomic E-state index is 12.9. The van der Waals surface area contributed by atoms with Crippen LogP contribution in [0.25, 0.3) is 11.1 Å². The van der Waals surface area contributed by atoms with Gasteiger partial charge in [-0.1, -0.05) is 59.6 Å². The van der Waals surface area contributed by atoms with Gasteiger partial charge in [0.2, 0.25) is 0 Å². The van der Waals surface area contributed by atoms with E-state index in [9.17, 15) is 14.4 Å². The molecule has 0 spiro atoms. The lowest BCUT2D eigenvalue weighted by molar-refractivity contribution is -0.0712. The van der Waals surface area contributed by atoms with E-state index in [1.807, 2.05) is 30.3 Å². The zero-order valence-electron chi connectivity index (χ0n) is 31.7. The molecule has 14 heteroatoms. The Kier molecular flexibility index (Phi) is 12.7. The van der Waals surface area contributed by atoms with Crippen LogP contribution in [0.2, 0.25) is 10.0 Å². The van der Waals surface area contributed by atoms with E-state index < -0.39 is 12.2 Å². The summed E-state index contributed by atoms with van der Waals surface area (Å²) in [5.41, 5.74) is 7.28. The van der Waals surface area contributed by atoms with Gasteiger partial charge < -0.3 is 19.1 Å². The van der Waals surface area contributed by atoms with Crippen LogP contribution in [-0.4, -0.2) is 77.5 Å². The van der Waals surface area contributed by atoms with Crippen molar-refractivity contribution in [1.82, 2.24) is 20.0 Å². The summed E-state index contributed by atoms with van der Waals surface area (Å²) in [6.07, 6.45) is 2.51. The van der Waals surface area contributed by atoms with Gasteiger partial charge >= 0.3 is 12.2 Å². The Hall–Kier alpha value is -5.40. The molecule has 3 N–H and O–H groups in total. The van der Waals surface area contributed by atoms with Crippen LogP contribution in [0.4, 0.5) is 21.0 Å². The van der Waals surface area contributed by atoms with Crippen molar-refractivity contribution in [2.24, 2.45) is 0 Å². The first-order valence-corrected chi connectivity index (χ1v) is 19.6. The van der Waals surface area contributed by atoms with E-state index in [0.717, 1.165) is 44.7 Å². The lowest BCUT2D eigenvalue weighted by Gasteiger charge is -2.41. The summed E-state index contributed by atoms with van der Waals surface area (Å²) < 4.78 is 16.5. The number of ether oxygens (including phenoxy) is 3. The number of nitrogens with zero attached hydrogens (tertiary/aromatic N) is 3. The van der Waals surface area contributed by atoms with Crippen molar-refractivity contribution in [3.63, 3.8) is 0 Å². The number of nitrogens with one attached hydrogen (secondary N) is 3. The summed E-state index contributed by atoms with van der Waals surface area (Å²) in [5, 5.41) is 13.2. The SMILES string of the molecule is Cc1[nH]ncc1C(=O)N(C)Cc1ccc(NC(=O)OCc2ccc(Cl)c(-c3cc(Cl)ccc3COC(=O)Nc3ccc(C4CCN(C5COC5)CC4)cc3)c2)cc1. The number of halogens is 2. The van der Waals surface area contributed by atoms with Gasteiger partial charge in [0, 0.05) is 46.3 Å². The molecule has 0 radical (unpaired) electrons.